The van der Waals surface area contributed by atoms with Crippen molar-refractivity contribution >= 4 is 27.1 Å². The number of aromatic amines is 1. The fraction of sp³-hybridized carbons (Fsp3) is 0.500. The van der Waals surface area contributed by atoms with Crippen molar-refractivity contribution in [2.24, 2.45) is 7.05 Å². The number of nitrogens with one attached hydrogen (secondary N) is 1. The van der Waals surface area contributed by atoms with Gasteiger partial charge in [-0.15, -0.1) is 0 Å². The Kier molecular flexibility index (Phi) is 8.71. The van der Waals surface area contributed by atoms with Crippen LogP contribution in [0.4, 0.5) is 4.79 Å². The first-order chi connectivity index (χ1) is 19.1. The number of rotatable bonds is 10. The Morgan fingerprint density at radius 2 is 1.80 bits per heavy atom. The minimum Gasteiger partial charge on any atom is -0.493 e. The van der Waals surface area contributed by atoms with Crippen molar-refractivity contribution in [2.45, 2.75) is 44.7 Å². The summed E-state index contributed by atoms with van der Waals surface area (Å²) in [5, 5.41) is 9.51. The molecule has 1 aromatic carbocycles. The summed E-state index contributed by atoms with van der Waals surface area (Å²) in [6.07, 6.45) is 0.269. The fourth-order valence-electron chi connectivity index (χ4n) is 4.91. The first-order valence-electron chi connectivity index (χ1n) is 13.1. The molecule has 0 bridgehead atoms. The number of methoxy groups -OCH3 is 1. The van der Waals surface area contributed by atoms with Gasteiger partial charge in [0, 0.05) is 58.0 Å². The molecule has 14 heteroatoms. The molecule has 218 valence electrons. The second-order valence-electron chi connectivity index (χ2n) is 9.61. The molecule has 13 nitrogen and oxygen atoms in total. The molecule has 3 heterocycles. The van der Waals surface area contributed by atoms with Gasteiger partial charge in [-0.3, -0.25) is 13.9 Å². The van der Waals surface area contributed by atoms with Gasteiger partial charge < -0.3 is 24.5 Å². The lowest BCUT2D eigenvalue weighted by molar-refractivity contribution is 0.126. The van der Waals surface area contributed by atoms with Gasteiger partial charge in [-0.25, -0.2) is 18.0 Å². The van der Waals surface area contributed by atoms with Crippen LogP contribution in [0, 0.1) is 0 Å². The third-order valence-corrected chi connectivity index (χ3v) is 8.85. The molecule has 4 rings (SSSR count). The number of piperazine rings is 1. The van der Waals surface area contributed by atoms with Gasteiger partial charge >= 0.3 is 11.8 Å². The molecule has 1 aliphatic rings. The Bertz CT molecular complexity index is 1630. The zero-order valence-electron chi connectivity index (χ0n) is 23.1. The molecule has 1 amide bonds. The van der Waals surface area contributed by atoms with Gasteiger partial charge in [-0.1, -0.05) is 13.8 Å². The predicted molar refractivity (Wildman–Crippen MR) is 148 cm³/mol. The van der Waals surface area contributed by atoms with E-state index in [2.05, 4.69) is 4.98 Å². The SMILES string of the molecule is CCCOc1ccc(S(=O)(=O)N2CCN(C(=O)O)CC2)cc1-c1[nH]c2c(c1COC)c(=O)n(C)c(=O)n2CCC. The maximum absolute atomic E-state index is 13.6. The molecule has 1 saturated heterocycles. The number of sulfonamides is 1. The summed E-state index contributed by atoms with van der Waals surface area (Å²) in [7, 11) is -1.07. The minimum atomic E-state index is -3.98. The highest BCUT2D eigenvalue weighted by Gasteiger charge is 2.31. The van der Waals surface area contributed by atoms with Gasteiger partial charge in [0.15, 0.2) is 0 Å². The standard InChI is InChI=1S/C26H35N5O8S/c1-5-9-31-23-21(24(32)28(3)25(31)33)19(16-38-4)22(27-23)18-15-17(7-8-20(18)39-14-6-2)40(36,37)30-12-10-29(11-13-30)26(34)35/h7-8,15,27H,5-6,9-14,16H2,1-4H3,(H,34,35). The van der Waals surface area contributed by atoms with Gasteiger partial charge in [0.25, 0.3) is 5.56 Å². The zero-order valence-corrected chi connectivity index (χ0v) is 23.9. The molecule has 1 fully saturated rings. The number of amides is 1. The summed E-state index contributed by atoms with van der Waals surface area (Å²) >= 11 is 0. The Balaban J connectivity index is 1.93. The first kappa shape index (κ1) is 29.4. The Labute approximate surface area is 231 Å². The van der Waals surface area contributed by atoms with Crippen LogP contribution in [0.15, 0.2) is 32.7 Å². The number of aryl methyl sites for hydroxylation is 1. The molecule has 40 heavy (non-hydrogen) atoms. The normalized spacial score (nSPS) is 14.7. The van der Waals surface area contributed by atoms with Crippen molar-refractivity contribution in [3.63, 3.8) is 0 Å². The van der Waals surface area contributed by atoms with E-state index in [4.69, 9.17) is 9.47 Å². The lowest BCUT2D eigenvalue weighted by Crippen LogP contribution is -2.50. The van der Waals surface area contributed by atoms with Crippen LogP contribution >= 0.6 is 0 Å². The van der Waals surface area contributed by atoms with Crippen molar-refractivity contribution in [3.8, 4) is 17.0 Å². The van der Waals surface area contributed by atoms with E-state index in [0.717, 1.165) is 4.57 Å². The van der Waals surface area contributed by atoms with Gasteiger partial charge in [0.05, 0.1) is 29.2 Å². The van der Waals surface area contributed by atoms with Crippen molar-refractivity contribution in [2.75, 3.05) is 39.9 Å². The maximum atomic E-state index is 13.6. The van der Waals surface area contributed by atoms with Crippen LogP contribution in [-0.2, 0) is 35.0 Å². The number of nitrogens with zero attached hydrogens (tertiary/aromatic N) is 4. The summed E-state index contributed by atoms with van der Waals surface area (Å²) in [4.78, 5) is 42.0. The molecule has 0 unspecified atom stereocenters. The third-order valence-electron chi connectivity index (χ3n) is 6.95. The van der Waals surface area contributed by atoms with E-state index in [1.54, 1.807) is 6.07 Å². The quantitative estimate of drug-likeness (QED) is 0.371. The van der Waals surface area contributed by atoms with Gasteiger partial charge in [0.1, 0.15) is 11.4 Å². The predicted octanol–water partition coefficient (Wildman–Crippen LogP) is 2.02. The minimum absolute atomic E-state index is 0.00371. The van der Waals surface area contributed by atoms with E-state index >= 15 is 0 Å². The summed E-state index contributed by atoms with van der Waals surface area (Å²) in [6, 6.07) is 4.52. The average Bonchev–Trinajstić information content (AvgIpc) is 3.32. The molecular weight excluding hydrogens is 542 g/mol. The topological polar surface area (TPSA) is 156 Å². The zero-order chi connectivity index (χ0) is 29.2. The molecule has 2 aromatic heterocycles. The number of H-pyrrole nitrogens is 1. The van der Waals surface area contributed by atoms with Crippen molar-refractivity contribution < 1.29 is 27.8 Å². The van der Waals surface area contributed by atoms with E-state index in [1.807, 2.05) is 13.8 Å². The molecule has 3 aromatic rings. The van der Waals surface area contributed by atoms with E-state index < -0.39 is 27.4 Å². The average molecular weight is 578 g/mol. The van der Waals surface area contributed by atoms with Crippen LogP contribution in [0.5, 0.6) is 5.75 Å². The monoisotopic (exact) mass is 577 g/mol. The number of hydrogen-bond donors (Lipinski definition) is 2. The highest BCUT2D eigenvalue weighted by Crippen LogP contribution is 2.37. The molecule has 2 N–H and O–H groups in total. The Morgan fingerprint density at radius 3 is 2.40 bits per heavy atom. The number of fused-ring (bicyclic) bond motifs is 1. The van der Waals surface area contributed by atoms with Crippen LogP contribution < -0.4 is 16.0 Å². The maximum Gasteiger partial charge on any atom is 0.407 e. The van der Waals surface area contributed by atoms with Crippen LogP contribution in [0.2, 0.25) is 0 Å². The number of carbonyl (C=O) groups is 1. The van der Waals surface area contributed by atoms with Crippen LogP contribution in [0.3, 0.4) is 0 Å². The van der Waals surface area contributed by atoms with E-state index in [1.165, 1.54) is 40.1 Å². The Morgan fingerprint density at radius 1 is 1.10 bits per heavy atom. The largest absolute Gasteiger partial charge is 0.493 e. The van der Waals surface area contributed by atoms with Gasteiger partial charge in [-0.2, -0.15) is 4.31 Å². The van der Waals surface area contributed by atoms with Crippen LogP contribution in [-0.4, -0.2) is 82.8 Å². The summed E-state index contributed by atoms with van der Waals surface area (Å²) in [5.74, 6) is 0.404. The number of benzene rings is 1. The second-order valence-corrected chi connectivity index (χ2v) is 11.6. The van der Waals surface area contributed by atoms with E-state index in [0.29, 0.717) is 54.2 Å². The van der Waals surface area contributed by atoms with E-state index in [9.17, 15) is 27.9 Å². The molecule has 1 aliphatic heterocycles. The lowest BCUT2D eigenvalue weighted by atomic mass is 10.1. The molecule has 0 saturated carbocycles. The summed E-state index contributed by atoms with van der Waals surface area (Å²) in [6.45, 7) is 4.82. The number of ether oxygens (including phenoxy) is 2. The smallest absolute Gasteiger partial charge is 0.407 e. The third kappa shape index (κ3) is 5.25. The molecule has 0 aliphatic carbocycles. The highest BCUT2D eigenvalue weighted by atomic mass is 32.2. The molecular formula is C26H35N5O8S. The number of hydrogen-bond acceptors (Lipinski definition) is 7. The van der Waals surface area contributed by atoms with Crippen molar-refractivity contribution in [1.82, 2.24) is 23.3 Å². The highest BCUT2D eigenvalue weighted by molar-refractivity contribution is 7.89. The van der Waals surface area contributed by atoms with Crippen molar-refractivity contribution in [3.05, 3.63) is 44.6 Å². The number of aromatic nitrogens is 3. The Hall–Kier alpha value is -3.62. The van der Waals surface area contributed by atoms with Crippen molar-refractivity contribution in [1.29, 1.82) is 0 Å². The second kappa shape index (κ2) is 11.9. The van der Waals surface area contributed by atoms with Gasteiger partial charge in [0.2, 0.25) is 10.0 Å². The molecule has 0 spiro atoms. The summed E-state index contributed by atoms with van der Waals surface area (Å²) < 4.78 is 42.5. The van der Waals surface area contributed by atoms with Crippen LogP contribution in [0.25, 0.3) is 22.3 Å². The van der Waals surface area contributed by atoms with E-state index in [-0.39, 0.29) is 43.1 Å². The summed E-state index contributed by atoms with van der Waals surface area (Å²) in [5.41, 5.74) is 0.682. The fourth-order valence-corrected chi connectivity index (χ4v) is 6.36. The molecule has 0 radical (unpaired) electrons. The molecule has 0 atom stereocenters. The van der Waals surface area contributed by atoms with Crippen LogP contribution in [0.1, 0.15) is 32.3 Å². The lowest BCUT2D eigenvalue weighted by Gasteiger charge is -2.32. The first-order valence-corrected chi connectivity index (χ1v) is 14.6. The van der Waals surface area contributed by atoms with Gasteiger partial charge in [-0.05, 0) is 31.0 Å². The number of carboxylic acid groups (broad SMARTS) is 1.